The summed E-state index contributed by atoms with van der Waals surface area (Å²) in [4.78, 5) is 5.00. The molecule has 1 fully saturated rings. The molecule has 1 aliphatic heterocycles. The zero-order valence-corrected chi connectivity index (χ0v) is 11.6. The van der Waals surface area contributed by atoms with E-state index in [2.05, 4.69) is 29.1 Å². The van der Waals surface area contributed by atoms with Gasteiger partial charge in [-0.2, -0.15) is 0 Å². The molecule has 1 aliphatic rings. The molecule has 1 saturated heterocycles. The number of hydrogen-bond acceptors (Lipinski definition) is 4. The molecule has 0 amide bonds. The Labute approximate surface area is 110 Å². The number of furan rings is 1. The van der Waals surface area contributed by atoms with Crippen LogP contribution in [0.2, 0.25) is 0 Å². The van der Waals surface area contributed by atoms with E-state index in [1.54, 1.807) is 6.26 Å². The molecule has 1 unspecified atom stereocenters. The van der Waals surface area contributed by atoms with E-state index in [9.17, 15) is 0 Å². The molecule has 18 heavy (non-hydrogen) atoms. The topological polar surface area (TPSA) is 31.7 Å². The summed E-state index contributed by atoms with van der Waals surface area (Å²) in [6, 6.07) is 4.54. The zero-order valence-electron chi connectivity index (χ0n) is 11.6. The predicted molar refractivity (Wildman–Crippen MR) is 73.6 cm³/mol. The van der Waals surface area contributed by atoms with Crippen LogP contribution in [0.3, 0.4) is 0 Å². The molecule has 1 N–H and O–H groups in total. The summed E-state index contributed by atoms with van der Waals surface area (Å²) >= 11 is 0. The summed E-state index contributed by atoms with van der Waals surface area (Å²) in [6.07, 6.45) is 3.00. The first kappa shape index (κ1) is 13.6. The highest BCUT2D eigenvalue weighted by atomic mass is 16.3. The second-order valence-corrected chi connectivity index (χ2v) is 5.25. The summed E-state index contributed by atoms with van der Waals surface area (Å²) in [5.41, 5.74) is 0. The molecule has 1 aromatic rings. The standard InChI is InChI=1S/C14H25N3O/c1-13(11-15-12-14-5-3-10-18-14)17-7-4-6-16(2)8-9-17/h3,5,10,13,15H,4,6-9,11-12H2,1-2H3. The highest BCUT2D eigenvalue weighted by Gasteiger charge is 2.16. The quantitative estimate of drug-likeness (QED) is 0.857. The third-order valence-corrected chi connectivity index (χ3v) is 3.70. The molecule has 0 aromatic carbocycles. The van der Waals surface area contributed by atoms with E-state index >= 15 is 0 Å². The lowest BCUT2D eigenvalue weighted by atomic mass is 10.2. The fourth-order valence-electron chi connectivity index (χ4n) is 2.45. The molecule has 1 aromatic heterocycles. The number of nitrogens with zero attached hydrogens (tertiary/aromatic N) is 2. The summed E-state index contributed by atoms with van der Waals surface area (Å²) in [6.45, 7) is 8.95. The van der Waals surface area contributed by atoms with E-state index in [-0.39, 0.29) is 0 Å². The lowest BCUT2D eigenvalue weighted by Crippen LogP contribution is -2.42. The number of nitrogens with one attached hydrogen (secondary N) is 1. The van der Waals surface area contributed by atoms with Crippen molar-refractivity contribution in [2.75, 3.05) is 39.8 Å². The summed E-state index contributed by atoms with van der Waals surface area (Å²) in [7, 11) is 2.21. The van der Waals surface area contributed by atoms with Crippen LogP contribution in [-0.4, -0.2) is 55.6 Å². The number of hydrogen-bond donors (Lipinski definition) is 1. The van der Waals surface area contributed by atoms with Gasteiger partial charge in [-0.15, -0.1) is 0 Å². The van der Waals surface area contributed by atoms with Crippen LogP contribution in [0.1, 0.15) is 19.1 Å². The minimum absolute atomic E-state index is 0.589. The van der Waals surface area contributed by atoms with Gasteiger partial charge in [0.1, 0.15) is 5.76 Å². The third kappa shape index (κ3) is 4.12. The molecule has 4 nitrogen and oxygen atoms in total. The van der Waals surface area contributed by atoms with Crippen LogP contribution in [0.5, 0.6) is 0 Å². The maximum absolute atomic E-state index is 5.31. The molecular formula is C14H25N3O. The van der Waals surface area contributed by atoms with Gasteiger partial charge in [-0.3, -0.25) is 4.90 Å². The van der Waals surface area contributed by atoms with E-state index in [1.807, 2.05) is 12.1 Å². The molecule has 2 heterocycles. The molecule has 0 aliphatic carbocycles. The van der Waals surface area contributed by atoms with Crippen LogP contribution in [-0.2, 0) is 6.54 Å². The van der Waals surface area contributed by atoms with Gasteiger partial charge in [0.2, 0.25) is 0 Å². The van der Waals surface area contributed by atoms with Crippen LogP contribution in [0.25, 0.3) is 0 Å². The lowest BCUT2D eigenvalue weighted by molar-refractivity contribution is 0.209. The van der Waals surface area contributed by atoms with E-state index in [4.69, 9.17) is 4.42 Å². The molecule has 2 rings (SSSR count). The minimum Gasteiger partial charge on any atom is -0.468 e. The molecule has 4 heteroatoms. The van der Waals surface area contributed by atoms with Crippen LogP contribution in [0, 0.1) is 0 Å². The fraction of sp³-hybridized carbons (Fsp3) is 0.714. The normalized spacial score (nSPS) is 20.8. The minimum atomic E-state index is 0.589. The Bertz CT molecular complexity index is 326. The molecule has 0 radical (unpaired) electrons. The second kappa shape index (κ2) is 6.92. The smallest absolute Gasteiger partial charge is 0.117 e. The molecule has 0 spiro atoms. The Morgan fingerprint density at radius 1 is 1.33 bits per heavy atom. The largest absolute Gasteiger partial charge is 0.468 e. The third-order valence-electron chi connectivity index (χ3n) is 3.70. The maximum Gasteiger partial charge on any atom is 0.117 e. The Balaban J connectivity index is 1.68. The highest BCUT2D eigenvalue weighted by molar-refractivity contribution is 4.97. The monoisotopic (exact) mass is 251 g/mol. The van der Waals surface area contributed by atoms with Crippen LogP contribution in [0.15, 0.2) is 22.8 Å². The molecular weight excluding hydrogens is 226 g/mol. The highest BCUT2D eigenvalue weighted by Crippen LogP contribution is 2.06. The van der Waals surface area contributed by atoms with Gasteiger partial charge in [-0.1, -0.05) is 0 Å². The Hall–Kier alpha value is -0.840. The molecule has 1 atom stereocenters. The van der Waals surface area contributed by atoms with Crippen molar-refractivity contribution in [1.82, 2.24) is 15.1 Å². The van der Waals surface area contributed by atoms with Gasteiger partial charge in [-0.05, 0) is 45.6 Å². The van der Waals surface area contributed by atoms with Crippen LogP contribution < -0.4 is 5.32 Å². The van der Waals surface area contributed by atoms with Gasteiger partial charge < -0.3 is 14.6 Å². The number of rotatable bonds is 5. The summed E-state index contributed by atoms with van der Waals surface area (Å²) < 4.78 is 5.31. The van der Waals surface area contributed by atoms with Crippen molar-refractivity contribution in [1.29, 1.82) is 0 Å². The Morgan fingerprint density at radius 3 is 3.00 bits per heavy atom. The SMILES string of the molecule is CC(CNCc1ccco1)N1CCCN(C)CC1. The molecule has 0 saturated carbocycles. The first-order valence-corrected chi connectivity index (χ1v) is 6.91. The average molecular weight is 251 g/mol. The fourth-order valence-corrected chi connectivity index (χ4v) is 2.45. The second-order valence-electron chi connectivity index (χ2n) is 5.25. The van der Waals surface area contributed by atoms with Gasteiger partial charge in [-0.25, -0.2) is 0 Å². The Morgan fingerprint density at radius 2 is 2.22 bits per heavy atom. The van der Waals surface area contributed by atoms with Crippen molar-refractivity contribution in [3.8, 4) is 0 Å². The van der Waals surface area contributed by atoms with E-state index in [1.165, 1.54) is 32.6 Å². The van der Waals surface area contributed by atoms with Crippen LogP contribution >= 0.6 is 0 Å². The number of likely N-dealkylation sites (N-methyl/N-ethyl adjacent to an activating group) is 1. The first-order chi connectivity index (χ1) is 8.75. The van der Waals surface area contributed by atoms with E-state index < -0.39 is 0 Å². The molecule has 0 bridgehead atoms. The van der Waals surface area contributed by atoms with Crippen molar-refractivity contribution in [3.05, 3.63) is 24.2 Å². The van der Waals surface area contributed by atoms with Crippen molar-refractivity contribution >= 4 is 0 Å². The van der Waals surface area contributed by atoms with Gasteiger partial charge in [0, 0.05) is 25.7 Å². The first-order valence-electron chi connectivity index (χ1n) is 6.91. The van der Waals surface area contributed by atoms with Gasteiger partial charge >= 0.3 is 0 Å². The van der Waals surface area contributed by atoms with Gasteiger partial charge in [0.25, 0.3) is 0 Å². The maximum atomic E-state index is 5.31. The van der Waals surface area contributed by atoms with Crippen molar-refractivity contribution in [2.45, 2.75) is 25.9 Å². The summed E-state index contributed by atoms with van der Waals surface area (Å²) in [5.74, 6) is 1.01. The zero-order chi connectivity index (χ0) is 12.8. The molecule has 102 valence electrons. The van der Waals surface area contributed by atoms with Gasteiger partial charge in [0.05, 0.1) is 12.8 Å². The Kier molecular flexibility index (Phi) is 5.23. The van der Waals surface area contributed by atoms with Crippen molar-refractivity contribution in [2.24, 2.45) is 0 Å². The van der Waals surface area contributed by atoms with E-state index in [0.717, 1.165) is 18.8 Å². The van der Waals surface area contributed by atoms with Crippen molar-refractivity contribution in [3.63, 3.8) is 0 Å². The average Bonchev–Trinajstić information content (AvgIpc) is 2.77. The van der Waals surface area contributed by atoms with Crippen LogP contribution in [0.4, 0.5) is 0 Å². The van der Waals surface area contributed by atoms with Gasteiger partial charge in [0.15, 0.2) is 0 Å². The summed E-state index contributed by atoms with van der Waals surface area (Å²) in [5, 5.41) is 3.47. The predicted octanol–water partition coefficient (Wildman–Crippen LogP) is 1.40. The van der Waals surface area contributed by atoms with Crippen molar-refractivity contribution < 1.29 is 4.42 Å². The van der Waals surface area contributed by atoms with E-state index in [0.29, 0.717) is 6.04 Å². The lowest BCUT2D eigenvalue weighted by Gasteiger charge is -2.27.